The monoisotopic (exact) mass is 296 g/mol. The smallest absolute Gasteiger partial charge is 0.187 e. The first kappa shape index (κ1) is 13.8. The Balaban J connectivity index is 1.95. The Hall–Kier alpha value is -0.790. The second kappa shape index (κ2) is 3.75. The summed E-state index contributed by atoms with van der Waals surface area (Å²) in [5.41, 5.74) is -2.16. The highest BCUT2D eigenvalue weighted by molar-refractivity contribution is 6.00. The molecular weight excluding hydrogens is 276 g/mol. The fraction of sp³-hybridized carbons (Fsp3) is 0.800. The van der Waals surface area contributed by atoms with Crippen molar-refractivity contribution < 1.29 is 29.6 Å². The highest BCUT2D eigenvalue weighted by Crippen LogP contribution is 2.70. The molecule has 2 aliphatic heterocycles. The molecule has 2 aliphatic carbocycles. The zero-order valence-corrected chi connectivity index (χ0v) is 12.1. The molecule has 2 heterocycles. The van der Waals surface area contributed by atoms with E-state index in [2.05, 4.69) is 0 Å². The van der Waals surface area contributed by atoms with E-state index in [-0.39, 0.29) is 5.78 Å². The lowest BCUT2D eigenvalue weighted by Gasteiger charge is -2.58. The summed E-state index contributed by atoms with van der Waals surface area (Å²) in [7, 11) is 0. The molecule has 2 bridgehead atoms. The van der Waals surface area contributed by atoms with E-state index < -0.39 is 47.5 Å². The Bertz CT molecular complexity index is 552. The van der Waals surface area contributed by atoms with E-state index in [1.54, 1.807) is 13.0 Å². The topological polar surface area (TPSA) is 99.5 Å². The van der Waals surface area contributed by atoms with Crippen LogP contribution in [0, 0.1) is 10.8 Å². The fourth-order valence-electron chi connectivity index (χ4n) is 5.02. The predicted octanol–water partition coefficient (Wildman–Crippen LogP) is -0.838. The van der Waals surface area contributed by atoms with Gasteiger partial charge in [-0.3, -0.25) is 4.79 Å². The van der Waals surface area contributed by atoms with Crippen LogP contribution in [-0.2, 0) is 14.3 Å². The number of carbonyl (C=O) groups is 1. The zero-order chi connectivity index (χ0) is 15.2. The van der Waals surface area contributed by atoms with Gasteiger partial charge in [-0.2, -0.15) is 0 Å². The van der Waals surface area contributed by atoms with Crippen molar-refractivity contribution in [2.24, 2.45) is 10.8 Å². The molecule has 0 aromatic heterocycles. The van der Waals surface area contributed by atoms with Crippen LogP contribution in [0.1, 0.15) is 20.3 Å². The normalized spacial score (nSPS) is 58.1. The van der Waals surface area contributed by atoms with E-state index in [4.69, 9.17) is 9.47 Å². The lowest BCUT2D eigenvalue weighted by molar-refractivity contribution is -0.244. The van der Waals surface area contributed by atoms with Crippen LogP contribution in [-0.4, -0.2) is 64.3 Å². The molecule has 0 aromatic carbocycles. The summed E-state index contributed by atoms with van der Waals surface area (Å²) in [5, 5.41) is 31.1. The third-order valence-electron chi connectivity index (χ3n) is 6.43. The van der Waals surface area contributed by atoms with E-state index in [9.17, 15) is 20.1 Å². The number of ketones is 1. The molecule has 7 atom stereocenters. The van der Waals surface area contributed by atoms with Crippen molar-refractivity contribution in [3.8, 4) is 0 Å². The summed E-state index contributed by atoms with van der Waals surface area (Å²) >= 11 is 0. The molecule has 4 rings (SSSR count). The second-order valence-corrected chi connectivity index (χ2v) is 7.07. The fourth-order valence-corrected chi connectivity index (χ4v) is 5.02. The van der Waals surface area contributed by atoms with E-state index in [1.807, 2.05) is 6.92 Å². The van der Waals surface area contributed by atoms with Gasteiger partial charge in [0.1, 0.15) is 17.8 Å². The van der Waals surface area contributed by atoms with Crippen LogP contribution in [0.3, 0.4) is 0 Å². The number of epoxide rings is 1. The minimum Gasteiger partial charge on any atom is -0.396 e. The molecule has 1 saturated carbocycles. The van der Waals surface area contributed by atoms with Crippen molar-refractivity contribution in [3.05, 3.63) is 11.6 Å². The molecule has 116 valence electrons. The van der Waals surface area contributed by atoms with Crippen molar-refractivity contribution in [1.29, 1.82) is 0 Å². The van der Waals surface area contributed by atoms with Gasteiger partial charge in [-0.25, -0.2) is 0 Å². The van der Waals surface area contributed by atoms with Crippen molar-refractivity contribution >= 4 is 5.78 Å². The number of rotatable bonds is 1. The second-order valence-electron chi connectivity index (χ2n) is 7.07. The molecule has 0 unspecified atom stereocenters. The molecule has 0 amide bonds. The summed E-state index contributed by atoms with van der Waals surface area (Å²) in [6.45, 7) is 3.55. The Morgan fingerprint density at radius 1 is 1.43 bits per heavy atom. The van der Waals surface area contributed by atoms with E-state index in [0.717, 1.165) is 0 Å². The van der Waals surface area contributed by atoms with Gasteiger partial charge >= 0.3 is 0 Å². The van der Waals surface area contributed by atoms with Gasteiger partial charge in [-0.15, -0.1) is 0 Å². The van der Waals surface area contributed by atoms with Crippen LogP contribution in [0.4, 0.5) is 0 Å². The maximum absolute atomic E-state index is 12.3. The van der Waals surface area contributed by atoms with Gasteiger partial charge in [0.2, 0.25) is 0 Å². The standard InChI is InChI=1S/C15H20O6/c1-7-3-9-14(5-16,11(19)10(7)18)13(2)4-8(17)12(21-9)15(13)6-20-15/h3,8-9,11-12,16-17,19H,4-6H2,1-2H3/t8-,9-,11+,12-,13-,14+,15+/m1/s1. The summed E-state index contributed by atoms with van der Waals surface area (Å²) in [6, 6.07) is 0. The highest BCUT2D eigenvalue weighted by atomic mass is 16.6. The number of aliphatic hydroxyl groups excluding tert-OH is 3. The number of Topliss-reactive ketones (excluding diaryl/α,β-unsaturated/α-hetero) is 1. The minimum atomic E-state index is -1.35. The summed E-state index contributed by atoms with van der Waals surface area (Å²) in [4.78, 5) is 12.3. The molecule has 0 radical (unpaired) electrons. The van der Waals surface area contributed by atoms with Gasteiger partial charge < -0.3 is 24.8 Å². The van der Waals surface area contributed by atoms with Gasteiger partial charge in [0.05, 0.1) is 30.8 Å². The van der Waals surface area contributed by atoms with Gasteiger partial charge in [-0.1, -0.05) is 6.92 Å². The van der Waals surface area contributed by atoms with Gasteiger partial charge in [0.25, 0.3) is 0 Å². The van der Waals surface area contributed by atoms with Gasteiger partial charge in [-0.05, 0) is 25.0 Å². The van der Waals surface area contributed by atoms with Crippen molar-refractivity contribution in [2.45, 2.75) is 50.3 Å². The molecule has 21 heavy (non-hydrogen) atoms. The summed E-state index contributed by atoms with van der Waals surface area (Å²) < 4.78 is 11.6. The molecule has 3 fully saturated rings. The van der Waals surface area contributed by atoms with Crippen LogP contribution >= 0.6 is 0 Å². The molecule has 3 N–H and O–H groups in total. The average molecular weight is 296 g/mol. The van der Waals surface area contributed by atoms with E-state index in [0.29, 0.717) is 18.6 Å². The van der Waals surface area contributed by atoms with Crippen molar-refractivity contribution in [3.63, 3.8) is 0 Å². The Kier molecular flexibility index (Phi) is 2.47. The zero-order valence-electron chi connectivity index (χ0n) is 12.1. The molecule has 4 aliphatic rings. The quantitative estimate of drug-likeness (QED) is 0.546. The molecular formula is C15H20O6. The first-order chi connectivity index (χ1) is 9.84. The van der Waals surface area contributed by atoms with Gasteiger partial charge in [0.15, 0.2) is 5.78 Å². The van der Waals surface area contributed by atoms with Crippen LogP contribution < -0.4 is 0 Å². The molecule has 0 aromatic rings. The first-order valence-corrected chi connectivity index (χ1v) is 7.33. The molecule has 1 spiro atoms. The number of ether oxygens (including phenoxy) is 2. The van der Waals surface area contributed by atoms with Crippen LogP contribution in [0.2, 0.25) is 0 Å². The number of fused-ring (bicyclic) bond motifs is 2. The summed E-state index contributed by atoms with van der Waals surface area (Å²) in [6.07, 6.45) is -1.14. The maximum atomic E-state index is 12.3. The predicted molar refractivity (Wildman–Crippen MR) is 70.4 cm³/mol. The lowest BCUT2D eigenvalue weighted by atomic mass is 9.50. The van der Waals surface area contributed by atoms with Crippen LogP contribution in [0.25, 0.3) is 0 Å². The Labute approximate surface area is 122 Å². The SMILES string of the molecule is CC1=C[C@H]2O[C@@H]3[C@H](O)C[C@](C)([C@]2(CO)[C@@H](O)C1=O)[C@]31CO1. The first-order valence-electron chi connectivity index (χ1n) is 7.33. The largest absolute Gasteiger partial charge is 0.396 e. The number of carbonyl (C=O) groups excluding carboxylic acids is 1. The lowest BCUT2D eigenvalue weighted by Crippen LogP contribution is -2.70. The van der Waals surface area contributed by atoms with E-state index in [1.165, 1.54) is 0 Å². The number of hydrogen-bond donors (Lipinski definition) is 3. The highest BCUT2D eigenvalue weighted by Gasteiger charge is 2.83. The van der Waals surface area contributed by atoms with Crippen molar-refractivity contribution in [1.82, 2.24) is 0 Å². The van der Waals surface area contributed by atoms with Crippen LogP contribution in [0.15, 0.2) is 11.6 Å². The molecule has 6 heteroatoms. The van der Waals surface area contributed by atoms with Crippen LogP contribution in [0.5, 0.6) is 0 Å². The summed E-state index contributed by atoms with van der Waals surface area (Å²) in [5.74, 6) is -0.388. The molecule has 2 saturated heterocycles. The average Bonchev–Trinajstić information content (AvgIpc) is 3.20. The van der Waals surface area contributed by atoms with Crippen molar-refractivity contribution in [2.75, 3.05) is 13.2 Å². The third-order valence-corrected chi connectivity index (χ3v) is 6.43. The Morgan fingerprint density at radius 3 is 2.67 bits per heavy atom. The van der Waals surface area contributed by atoms with Gasteiger partial charge in [0, 0.05) is 5.41 Å². The maximum Gasteiger partial charge on any atom is 0.187 e. The number of hydrogen-bond acceptors (Lipinski definition) is 6. The third kappa shape index (κ3) is 1.22. The van der Waals surface area contributed by atoms with E-state index >= 15 is 0 Å². The Morgan fingerprint density at radius 2 is 2.10 bits per heavy atom. The molecule has 6 nitrogen and oxygen atoms in total. The minimum absolute atomic E-state index is 0.339. The number of aliphatic hydroxyl groups is 3.